The van der Waals surface area contributed by atoms with E-state index in [1.165, 1.54) is 0 Å². The first-order valence-corrected chi connectivity index (χ1v) is 4.43. The van der Waals surface area contributed by atoms with Crippen LogP contribution in [0.5, 0.6) is 0 Å². The monoisotopic (exact) mass is 167 g/mol. The summed E-state index contributed by atoms with van der Waals surface area (Å²) in [6.07, 6.45) is 3.10. The van der Waals surface area contributed by atoms with Crippen molar-refractivity contribution in [3.63, 3.8) is 0 Å². The summed E-state index contributed by atoms with van der Waals surface area (Å²) in [6.45, 7) is 14.3. The lowest BCUT2D eigenvalue weighted by Crippen LogP contribution is -2.19. The van der Waals surface area contributed by atoms with Crippen LogP contribution in [0.1, 0.15) is 27.2 Å². The zero-order valence-electron chi connectivity index (χ0n) is 8.78. The van der Waals surface area contributed by atoms with Crippen LogP contribution in [0.2, 0.25) is 0 Å². The van der Waals surface area contributed by atoms with E-state index in [0.717, 1.165) is 12.1 Å². The second-order valence-corrected chi connectivity index (χ2v) is 4.07. The second kappa shape index (κ2) is 4.34. The zero-order chi connectivity index (χ0) is 9.78. The van der Waals surface area contributed by atoms with Crippen molar-refractivity contribution in [2.24, 2.45) is 11.3 Å². The maximum atomic E-state index is 3.95. The topological polar surface area (TPSA) is 12.0 Å². The van der Waals surface area contributed by atoms with Crippen molar-refractivity contribution < 1.29 is 0 Å². The summed E-state index contributed by atoms with van der Waals surface area (Å²) in [4.78, 5) is 0. The summed E-state index contributed by atoms with van der Waals surface area (Å²) in [5.74, 6) is 0.503. The molecule has 0 fully saturated rings. The van der Waals surface area contributed by atoms with Gasteiger partial charge in [-0.1, -0.05) is 33.4 Å². The predicted octanol–water partition coefficient (Wildman–Crippen LogP) is 2.96. The van der Waals surface area contributed by atoms with Gasteiger partial charge in [-0.25, -0.2) is 0 Å². The first-order chi connectivity index (χ1) is 5.43. The average molecular weight is 167 g/mol. The zero-order valence-corrected chi connectivity index (χ0v) is 8.78. The lowest BCUT2D eigenvalue weighted by molar-refractivity contribution is 0.371. The van der Waals surface area contributed by atoms with E-state index >= 15 is 0 Å². The Kier molecular flexibility index (Phi) is 4.08. The highest BCUT2D eigenvalue weighted by Crippen LogP contribution is 2.28. The molecule has 0 aliphatic rings. The maximum Gasteiger partial charge on any atom is 0.00601 e. The normalized spacial score (nSPS) is 13.7. The van der Waals surface area contributed by atoms with Gasteiger partial charge in [0, 0.05) is 12.7 Å². The second-order valence-electron chi connectivity index (χ2n) is 4.07. The van der Waals surface area contributed by atoms with Gasteiger partial charge in [-0.15, -0.1) is 6.58 Å². The van der Waals surface area contributed by atoms with E-state index in [9.17, 15) is 0 Å². The third-order valence-electron chi connectivity index (χ3n) is 2.30. The molecule has 1 heteroatoms. The van der Waals surface area contributed by atoms with Gasteiger partial charge in [0.2, 0.25) is 0 Å². The molecule has 0 aromatic carbocycles. The predicted molar refractivity (Wildman–Crippen MR) is 56.0 cm³/mol. The Hall–Kier alpha value is -0.720. The van der Waals surface area contributed by atoms with E-state index in [1.807, 2.05) is 13.1 Å². The Balaban J connectivity index is 4.08. The highest BCUT2D eigenvalue weighted by Gasteiger charge is 2.18. The minimum absolute atomic E-state index is 0.208. The van der Waals surface area contributed by atoms with Crippen molar-refractivity contribution in [1.29, 1.82) is 0 Å². The number of hydrogen-bond acceptors (Lipinski definition) is 1. The summed E-state index contributed by atoms with van der Waals surface area (Å²) in [7, 11) is 1.92. The smallest absolute Gasteiger partial charge is 0.00601 e. The van der Waals surface area contributed by atoms with Crippen LogP contribution in [-0.4, -0.2) is 7.05 Å². The minimum Gasteiger partial charge on any atom is -0.392 e. The summed E-state index contributed by atoms with van der Waals surface area (Å²) in [5.41, 5.74) is 1.31. The molecule has 0 aromatic rings. The third kappa shape index (κ3) is 3.61. The van der Waals surface area contributed by atoms with Crippen LogP contribution in [0.25, 0.3) is 0 Å². The maximum absolute atomic E-state index is 3.95. The highest BCUT2D eigenvalue weighted by atomic mass is 14.8. The minimum atomic E-state index is 0.208. The van der Waals surface area contributed by atoms with Gasteiger partial charge in [-0.2, -0.15) is 0 Å². The SMILES string of the molecule is C=CC(C)(C)CC(C)C(=C)NC. The van der Waals surface area contributed by atoms with Crippen LogP contribution in [0, 0.1) is 11.3 Å². The molecule has 12 heavy (non-hydrogen) atoms. The molecule has 1 nitrogen and oxygen atoms in total. The van der Waals surface area contributed by atoms with Gasteiger partial charge in [0.05, 0.1) is 0 Å². The third-order valence-corrected chi connectivity index (χ3v) is 2.30. The Morgan fingerprint density at radius 1 is 1.58 bits per heavy atom. The summed E-state index contributed by atoms with van der Waals surface area (Å²) >= 11 is 0. The Bertz CT molecular complexity index is 168. The molecule has 1 atom stereocenters. The number of nitrogens with one attached hydrogen (secondary N) is 1. The van der Waals surface area contributed by atoms with E-state index in [4.69, 9.17) is 0 Å². The van der Waals surface area contributed by atoms with Crippen molar-refractivity contribution >= 4 is 0 Å². The summed E-state index contributed by atoms with van der Waals surface area (Å²) < 4.78 is 0. The molecular formula is C11H21N. The van der Waals surface area contributed by atoms with Crippen LogP contribution >= 0.6 is 0 Å². The molecule has 0 aliphatic carbocycles. The van der Waals surface area contributed by atoms with Crippen LogP contribution < -0.4 is 5.32 Å². The average Bonchev–Trinajstić information content (AvgIpc) is 2.02. The van der Waals surface area contributed by atoms with E-state index in [2.05, 4.69) is 39.2 Å². The van der Waals surface area contributed by atoms with Gasteiger partial charge in [-0.3, -0.25) is 0 Å². The van der Waals surface area contributed by atoms with Gasteiger partial charge < -0.3 is 5.32 Å². The molecule has 0 aliphatic heterocycles. The standard InChI is InChI=1S/C11H21N/c1-7-11(4,5)8-9(2)10(3)12-6/h7,9,12H,1,3,8H2,2,4-6H3. The van der Waals surface area contributed by atoms with E-state index in [1.54, 1.807) is 0 Å². The molecule has 0 saturated carbocycles. The highest BCUT2D eigenvalue weighted by molar-refractivity contribution is 4.99. The van der Waals surface area contributed by atoms with Crippen molar-refractivity contribution in [2.45, 2.75) is 27.2 Å². The molecule has 0 amide bonds. The molecule has 0 spiro atoms. The van der Waals surface area contributed by atoms with Gasteiger partial charge in [0.15, 0.2) is 0 Å². The van der Waals surface area contributed by atoms with E-state index in [0.29, 0.717) is 5.92 Å². The number of hydrogen-bond donors (Lipinski definition) is 1. The molecule has 0 heterocycles. The fourth-order valence-corrected chi connectivity index (χ4v) is 1.24. The fraction of sp³-hybridized carbons (Fsp3) is 0.636. The molecule has 0 aromatic heterocycles. The van der Waals surface area contributed by atoms with Crippen LogP contribution in [0.15, 0.2) is 24.9 Å². The Morgan fingerprint density at radius 2 is 2.08 bits per heavy atom. The van der Waals surface area contributed by atoms with Gasteiger partial charge in [-0.05, 0) is 17.8 Å². The van der Waals surface area contributed by atoms with Gasteiger partial charge in [0.25, 0.3) is 0 Å². The molecule has 0 bridgehead atoms. The van der Waals surface area contributed by atoms with Crippen molar-refractivity contribution in [1.82, 2.24) is 5.32 Å². The van der Waals surface area contributed by atoms with Crippen molar-refractivity contribution in [3.8, 4) is 0 Å². The van der Waals surface area contributed by atoms with Crippen LogP contribution in [-0.2, 0) is 0 Å². The molecule has 0 rings (SSSR count). The summed E-state index contributed by atoms with van der Waals surface area (Å²) in [6, 6.07) is 0. The fourth-order valence-electron chi connectivity index (χ4n) is 1.24. The number of rotatable bonds is 5. The quantitative estimate of drug-likeness (QED) is 0.621. The lowest BCUT2D eigenvalue weighted by Gasteiger charge is -2.25. The molecular weight excluding hydrogens is 146 g/mol. The molecule has 0 saturated heterocycles. The van der Waals surface area contributed by atoms with Crippen molar-refractivity contribution in [2.75, 3.05) is 7.05 Å². The largest absolute Gasteiger partial charge is 0.392 e. The van der Waals surface area contributed by atoms with Gasteiger partial charge >= 0.3 is 0 Å². The summed E-state index contributed by atoms with van der Waals surface area (Å²) in [5, 5.41) is 3.08. The van der Waals surface area contributed by atoms with Gasteiger partial charge in [0.1, 0.15) is 0 Å². The van der Waals surface area contributed by atoms with E-state index < -0.39 is 0 Å². The molecule has 70 valence electrons. The number of allylic oxidation sites excluding steroid dienone is 2. The first-order valence-electron chi connectivity index (χ1n) is 4.43. The van der Waals surface area contributed by atoms with Crippen LogP contribution in [0.3, 0.4) is 0 Å². The Morgan fingerprint density at radius 3 is 2.42 bits per heavy atom. The molecule has 1 unspecified atom stereocenters. The lowest BCUT2D eigenvalue weighted by atomic mass is 9.82. The Labute approximate surface area is 76.6 Å². The van der Waals surface area contributed by atoms with Crippen LogP contribution in [0.4, 0.5) is 0 Å². The van der Waals surface area contributed by atoms with Crippen molar-refractivity contribution in [3.05, 3.63) is 24.9 Å². The first kappa shape index (κ1) is 11.3. The molecule has 1 N–H and O–H groups in total. The van der Waals surface area contributed by atoms with E-state index in [-0.39, 0.29) is 5.41 Å². The molecule has 0 radical (unpaired) electrons.